The largest absolute Gasteiger partial charge is 0.495 e. The van der Waals surface area contributed by atoms with Gasteiger partial charge in [-0.05, 0) is 45.8 Å². The third-order valence-electron chi connectivity index (χ3n) is 2.73. The lowest BCUT2D eigenvalue weighted by Crippen LogP contribution is -1.99. The highest BCUT2D eigenvalue weighted by Crippen LogP contribution is 2.29. The Morgan fingerprint density at radius 2 is 1.90 bits per heavy atom. The molecule has 104 valence electrons. The van der Waals surface area contributed by atoms with Crippen LogP contribution in [0.1, 0.15) is 15.9 Å². The summed E-state index contributed by atoms with van der Waals surface area (Å²) in [6.45, 7) is 0.366. The van der Waals surface area contributed by atoms with Gasteiger partial charge in [0.2, 0.25) is 0 Å². The molecule has 0 saturated carbocycles. The van der Waals surface area contributed by atoms with Crippen LogP contribution in [0.2, 0.25) is 0 Å². The molecule has 0 unspecified atom stereocenters. The first-order valence-electron chi connectivity index (χ1n) is 5.88. The summed E-state index contributed by atoms with van der Waals surface area (Å²) in [5.74, 6) is 0.450. The zero-order valence-electron chi connectivity index (χ0n) is 10.8. The van der Waals surface area contributed by atoms with E-state index >= 15 is 0 Å². The summed E-state index contributed by atoms with van der Waals surface area (Å²) in [4.78, 5) is 10.7. The van der Waals surface area contributed by atoms with Gasteiger partial charge in [-0.3, -0.25) is 0 Å². The van der Waals surface area contributed by atoms with Crippen molar-refractivity contribution in [3.63, 3.8) is 0 Å². The summed E-state index contributed by atoms with van der Waals surface area (Å²) in [5, 5.41) is 8.82. The highest BCUT2D eigenvalue weighted by atomic mass is 79.9. The van der Waals surface area contributed by atoms with Gasteiger partial charge in [0, 0.05) is 6.07 Å². The van der Waals surface area contributed by atoms with Gasteiger partial charge in [-0.25, -0.2) is 4.79 Å². The number of benzene rings is 2. The van der Waals surface area contributed by atoms with E-state index in [-0.39, 0.29) is 5.56 Å². The van der Waals surface area contributed by atoms with Gasteiger partial charge in [-0.1, -0.05) is 12.1 Å². The molecule has 0 spiro atoms. The number of carbonyl (C=O) groups is 1. The van der Waals surface area contributed by atoms with Crippen molar-refractivity contribution in [3.05, 3.63) is 58.1 Å². The van der Waals surface area contributed by atoms with E-state index in [1.807, 2.05) is 12.1 Å². The molecular formula is C15H13BrO4. The fourth-order valence-electron chi connectivity index (χ4n) is 1.64. The highest BCUT2D eigenvalue weighted by molar-refractivity contribution is 9.10. The molecule has 0 aliphatic carbocycles. The number of carboxylic acids is 1. The first kappa shape index (κ1) is 14.4. The van der Waals surface area contributed by atoms with Crippen molar-refractivity contribution in [2.45, 2.75) is 6.61 Å². The number of methoxy groups -OCH3 is 1. The maximum atomic E-state index is 10.7. The Balaban J connectivity index is 2.03. The number of hydrogen-bond acceptors (Lipinski definition) is 3. The summed E-state index contributed by atoms with van der Waals surface area (Å²) in [7, 11) is 1.59. The second-order valence-corrected chi connectivity index (χ2v) is 4.94. The SMILES string of the molecule is COc1cc(OCc2ccc(C(=O)O)cc2)ccc1Br. The number of carboxylic acid groups (broad SMARTS) is 1. The highest BCUT2D eigenvalue weighted by Gasteiger charge is 2.04. The minimum atomic E-state index is -0.935. The predicted octanol–water partition coefficient (Wildman–Crippen LogP) is 3.73. The van der Waals surface area contributed by atoms with Crippen molar-refractivity contribution in [1.82, 2.24) is 0 Å². The van der Waals surface area contributed by atoms with E-state index < -0.39 is 5.97 Å². The summed E-state index contributed by atoms with van der Waals surface area (Å²) in [6.07, 6.45) is 0. The summed E-state index contributed by atoms with van der Waals surface area (Å²) >= 11 is 3.37. The molecule has 2 aromatic rings. The van der Waals surface area contributed by atoms with Gasteiger partial charge in [0.25, 0.3) is 0 Å². The minimum absolute atomic E-state index is 0.263. The fourth-order valence-corrected chi connectivity index (χ4v) is 2.05. The molecule has 0 aromatic heterocycles. The molecule has 2 aromatic carbocycles. The first-order chi connectivity index (χ1) is 9.60. The van der Waals surface area contributed by atoms with Crippen molar-refractivity contribution >= 4 is 21.9 Å². The van der Waals surface area contributed by atoms with Crippen LogP contribution in [0.25, 0.3) is 0 Å². The molecule has 0 aliphatic heterocycles. The van der Waals surface area contributed by atoms with Crippen LogP contribution in [0.4, 0.5) is 0 Å². The van der Waals surface area contributed by atoms with Crippen LogP contribution >= 0.6 is 15.9 Å². The molecule has 0 radical (unpaired) electrons. The normalized spacial score (nSPS) is 10.1. The third-order valence-corrected chi connectivity index (χ3v) is 3.38. The van der Waals surface area contributed by atoms with E-state index in [4.69, 9.17) is 14.6 Å². The van der Waals surface area contributed by atoms with Crippen LogP contribution in [0.3, 0.4) is 0 Å². The van der Waals surface area contributed by atoms with Crippen molar-refractivity contribution in [2.75, 3.05) is 7.11 Å². The topological polar surface area (TPSA) is 55.8 Å². The van der Waals surface area contributed by atoms with Crippen molar-refractivity contribution < 1.29 is 19.4 Å². The van der Waals surface area contributed by atoms with Gasteiger partial charge in [-0.15, -0.1) is 0 Å². The van der Waals surface area contributed by atoms with E-state index in [1.54, 1.807) is 37.4 Å². The quantitative estimate of drug-likeness (QED) is 0.903. The molecule has 0 atom stereocenters. The van der Waals surface area contributed by atoms with Crippen molar-refractivity contribution in [2.24, 2.45) is 0 Å². The number of ether oxygens (including phenoxy) is 2. The van der Waals surface area contributed by atoms with Crippen molar-refractivity contribution in [3.8, 4) is 11.5 Å². The molecule has 2 rings (SSSR count). The van der Waals surface area contributed by atoms with E-state index in [9.17, 15) is 4.79 Å². The smallest absolute Gasteiger partial charge is 0.335 e. The standard InChI is InChI=1S/C15H13BrO4/c1-19-14-8-12(6-7-13(14)16)20-9-10-2-4-11(5-3-10)15(17)18/h2-8H,9H2,1H3,(H,17,18). The van der Waals surface area contributed by atoms with E-state index in [0.29, 0.717) is 18.1 Å². The maximum absolute atomic E-state index is 10.7. The zero-order valence-corrected chi connectivity index (χ0v) is 12.4. The molecule has 5 heteroatoms. The molecule has 0 amide bonds. The number of halogens is 1. The minimum Gasteiger partial charge on any atom is -0.495 e. The number of aromatic carboxylic acids is 1. The van der Waals surface area contributed by atoms with Crippen LogP contribution in [0.5, 0.6) is 11.5 Å². The third kappa shape index (κ3) is 3.51. The fraction of sp³-hybridized carbons (Fsp3) is 0.133. The van der Waals surface area contributed by atoms with Crippen LogP contribution in [-0.4, -0.2) is 18.2 Å². The first-order valence-corrected chi connectivity index (χ1v) is 6.68. The Kier molecular flexibility index (Phi) is 4.63. The summed E-state index contributed by atoms with van der Waals surface area (Å²) in [5.41, 5.74) is 1.16. The molecule has 20 heavy (non-hydrogen) atoms. The van der Waals surface area contributed by atoms with Gasteiger partial charge in [0.05, 0.1) is 17.1 Å². The van der Waals surface area contributed by atoms with Crippen LogP contribution in [-0.2, 0) is 6.61 Å². The second kappa shape index (κ2) is 6.43. The summed E-state index contributed by atoms with van der Waals surface area (Å²) < 4.78 is 11.7. The van der Waals surface area contributed by atoms with Crippen LogP contribution < -0.4 is 9.47 Å². The maximum Gasteiger partial charge on any atom is 0.335 e. The van der Waals surface area contributed by atoms with E-state index in [0.717, 1.165) is 10.0 Å². The lowest BCUT2D eigenvalue weighted by molar-refractivity contribution is 0.0697. The Bertz CT molecular complexity index is 608. The molecule has 0 heterocycles. The van der Waals surface area contributed by atoms with Crippen LogP contribution in [0, 0.1) is 0 Å². The lowest BCUT2D eigenvalue weighted by Gasteiger charge is -2.09. The Morgan fingerprint density at radius 3 is 2.50 bits per heavy atom. The number of hydrogen-bond donors (Lipinski definition) is 1. The Hall–Kier alpha value is -2.01. The average Bonchev–Trinajstić information content (AvgIpc) is 2.46. The monoisotopic (exact) mass is 336 g/mol. The molecule has 4 nitrogen and oxygen atoms in total. The van der Waals surface area contributed by atoms with Gasteiger partial charge < -0.3 is 14.6 Å². The average molecular weight is 337 g/mol. The molecule has 0 saturated heterocycles. The van der Waals surface area contributed by atoms with Gasteiger partial charge in [0.15, 0.2) is 0 Å². The molecular weight excluding hydrogens is 324 g/mol. The van der Waals surface area contributed by atoms with Gasteiger partial charge in [0.1, 0.15) is 18.1 Å². The second-order valence-electron chi connectivity index (χ2n) is 4.09. The summed E-state index contributed by atoms with van der Waals surface area (Å²) in [6, 6.07) is 12.1. The van der Waals surface area contributed by atoms with E-state index in [1.165, 1.54) is 0 Å². The lowest BCUT2D eigenvalue weighted by atomic mass is 10.1. The van der Waals surface area contributed by atoms with E-state index in [2.05, 4.69) is 15.9 Å². The van der Waals surface area contributed by atoms with Gasteiger partial charge in [-0.2, -0.15) is 0 Å². The molecule has 0 aliphatic rings. The Labute approximate surface area is 125 Å². The molecule has 1 N–H and O–H groups in total. The predicted molar refractivity (Wildman–Crippen MR) is 78.4 cm³/mol. The van der Waals surface area contributed by atoms with Crippen LogP contribution in [0.15, 0.2) is 46.9 Å². The van der Waals surface area contributed by atoms with Crippen molar-refractivity contribution in [1.29, 1.82) is 0 Å². The molecule has 0 fully saturated rings. The van der Waals surface area contributed by atoms with Gasteiger partial charge >= 0.3 is 5.97 Å². The molecule has 0 bridgehead atoms. The zero-order chi connectivity index (χ0) is 14.5. The number of rotatable bonds is 5. The Morgan fingerprint density at radius 1 is 1.20 bits per heavy atom.